The summed E-state index contributed by atoms with van der Waals surface area (Å²) >= 11 is 5.98. The first-order valence-electron chi connectivity index (χ1n) is 7.00. The molecule has 2 unspecified atom stereocenters. The van der Waals surface area contributed by atoms with Crippen LogP contribution in [0.25, 0.3) is 0 Å². The SMILES string of the molecule is CC(NC(=O)NC(C)(CO)C1CC1)c1ccc(F)cc1Cl. The summed E-state index contributed by atoms with van der Waals surface area (Å²) in [6.45, 7) is 3.50. The van der Waals surface area contributed by atoms with Gasteiger partial charge in [-0.2, -0.15) is 0 Å². The number of nitrogens with one attached hydrogen (secondary N) is 2. The number of aliphatic hydroxyl groups excluding tert-OH is 1. The number of hydrogen-bond donors (Lipinski definition) is 3. The summed E-state index contributed by atoms with van der Waals surface area (Å²) in [5, 5.41) is 15.3. The largest absolute Gasteiger partial charge is 0.394 e. The fourth-order valence-electron chi connectivity index (χ4n) is 2.41. The van der Waals surface area contributed by atoms with Crippen LogP contribution in [-0.2, 0) is 0 Å². The van der Waals surface area contributed by atoms with Crippen molar-refractivity contribution in [1.82, 2.24) is 10.6 Å². The molecular formula is C15H20ClFN2O2. The van der Waals surface area contributed by atoms with Crippen LogP contribution in [0.15, 0.2) is 18.2 Å². The van der Waals surface area contributed by atoms with Crippen LogP contribution in [0.3, 0.4) is 0 Å². The summed E-state index contributed by atoms with van der Waals surface area (Å²) in [7, 11) is 0. The van der Waals surface area contributed by atoms with Gasteiger partial charge in [0.2, 0.25) is 0 Å². The number of urea groups is 1. The average molecular weight is 315 g/mol. The molecule has 0 aromatic heterocycles. The molecule has 0 heterocycles. The molecule has 0 radical (unpaired) electrons. The third-order valence-corrected chi connectivity index (χ3v) is 4.31. The smallest absolute Gasteiger partial charge is 0.315 e. The molecule has 1 aliphatic rings. The Hall–Kier alpha value is -1.33. The van der Waals surface area contributed by atoms with Crippen LogP contribution in [0.1, 0.15) is 38.3 Å². The van der Waals surface area contributed by atoms with E-state index in [4.69, 9.17) is 11.6 Å². The van der Waals surface area contributed by atoms with Crippen molar-refractivity contribution >= 4 is 17.6 Å². The van der Waals surface area contributed by atoms with Crippen LogP contribution in [0.2, 0.25) is 5.02 Å². The van der Waals surface area contributed by atoms with Crippen molar-refractivity contribution in [2.45, 2.75) is 38.3 Å². The molecule has 0 bridgehead atoms. The number of carbonyl (C=O) groups is 1. The minimum Gasteiger partial charge on any atom is -0.394 e. The maximum absolute atomic E-state index is 13.0. The highest BCUT2D eigenvalue weighted by atomic mass is 35.5. The normalized spacial score (nSPS) is 18.7. The van der Waals surface area contributed by atoms with Gasteiger partial charge >= 0.3 is 6.03 Å². The predicted molar refractivity (Wildman–Crippen MR) is 79.7 cm³/mol. The summed E-state index contributed by atoms with van der Waals surface area (Å²) in [6.07, 6.45) is 2.02. The zero-order chi connectivity index (χ0) is 15.6. The highest BCUT2D eigenvalue weighted by molar-refractivity contribution is 6.31. The van der Waals surface area contributed by atoms with E-state index in [1.54, 1.807) is 13.0 Å². The van der Waals surface area contributed by atoms with Crippen LogP contribution in [0, 0.1) is 11.7 Å². The molecule has 2 amide bonds. The molecule has 2 rings (SSSR count). The molecule has 0 saturated heterocycles. The third-order valence-electron chi connectivity index (χ3n) is 3.98. The van der Waals surface area contributed by atoms with E-state index in [9.17, 15) is 14.3 Å². The van der Waals surface area contributed by atoms with E-state index in [0.29, 0.717) is 11.5 Å². The van der Waals surface area contributed by atoms with Gasteiger partial charge in [0.15, 0.2) is 0 Å². The Morgan fingerprint density at radius 3 is 2.76 bits per heavy atom. The Morgan fingerprint density at radius 2 is 2.24 bits per heavy atom. The Morgan fingerprint density at radius 1 is 1.57 bits per heavy atom. The lowest BCUT2D eigenvalue weighted by Gasteiger charge is -2.29. The molecule has 6 heteroatoms. The number of hydrogen-bond acceptors (Lipinski definition) is 2. The molecule has 21 heavy (non-hydrogen) atoms. The van der Waals surface area contributed by atoms with Gasteiger partial charge in [0.25, 0.3) is 0 Å². The minimum atomic E-state index is -0.601. The standard InChI is InChI=1S/C15H20ClFN2O2/c1-9(12-6-5-11(17)7-13(12)16)18-14(21)19-15(2,8-20)10-3-4-10/h5-7,9-10,20H,3-4,8H2,1-2H3,(H2,18,19,21). The van der Waals surface area contributed by atoms with Crippen molar-refractivity contribution in [3.8, 4) is 0 Å². The number of halogens is 2. The number of carbonyl (C=O) groups excluding carboxylic acids is 1. The number of amides is 2. The molecule has 3 N–H and O–H groups in total. The third kappa shape index (κ3) is 3.86. The van der Waals surface area contributed by atoms with Crippen LogP contribution in [0.5, 0.6) is 0 Å². The van der Waals surface area contributed by atoms with Gasteiger partial charge in [-0.25, -0.2) is 9.18 Å². The van der Waals surface area contributed by atoms with Gasteiger partial charge in [0, 0.05) is 5.02 Å². The van der Waals surface area contributed by atoms with E-state index >= 15 is 0 Å². The van der Waals surface area contributed by atoms with E-state index in [1.165, 1.54) is 12.1 Å². The van der Waals surface area contributed by atoms with E-state index < -0.39 is 11.4 Å². The molecule has 116 valence electrons. The van der Waals surface area contributed by atoms with Gasteiger partial charge in [-0.3, -0.25) is 0 Å². The first-order valence-corrected chi connectivity index (χ1v) is 7.38. The van der Waals surface area contributed by atoms with Crippen molar-refractivity contribution in [3.63, 3.8) is 0 Å². The van der Waals surface area contributed by atoms with Crippen molar-refractivity contribution in [1.29, 1.82) is 0 Å². The van der Waals surface area contributed by atoms with E-state index in [0.717, 1.165) is 12.8 Å². The molecular weight excluding hydrogens is 295 g/mol. The van der Waals surface area contributed by atoms with E-state index in [1.807, 2.05) is 6.92 Å². The Labute approximate surface area is 128 Å². The van der Waals surface area contributed by atoms with Crippen molar-refractivity contribution in [2.24, 2.45) is 5.92 Å². The van der Waals surface area contributed by atoms with Gasteiger partial charge in [0.05, 0.1) is 18.2 Å². The van der Waals surface area contributed by atoms with Gasteiger partial charge in [0.1, 0.15) is 5.82 Å². The second-order valence-electron chi connectivity index (χ2n) is 5.84. The lowest BCUT2D eigenvalue weighted by molar-refractivity contribution is 0.154. The zero-order valence-corrected chi connectivity index (χ0v) is 12.9. The molecule has 1 aromatic rings. The number of benzene rings is 1. The van der Waals surface area contributed by atoms with E-state index in [-0.39, 0.29) is 23.7 Å². The molecule has 1 saturated carbocycles. The fourth-order valence-corrected chi connectivity index (χ4v) is 2.74. The highest BCUT2D eigenvalue weighted by Gasteiger charge is 2.42. The first-order chi connectivity index (χ1) is 9.85. The highest BCUT2D eigenvalue weighted by Crippen LogP contribution is 2.39. The predicted octanol–water partition coefficient (Wildman–Crippen LogP) is 3.00. The minimum absolute atomic E-state index is 0.100. The van der Waals surface area contributed by atoms with E-state index in [2.05, 4.69) is 10.6 Å². The molecule has 1 aromatic carbocycles. The maximum Gasteiger partial charge on any atom is 0.315 e. The van der Waals surface area contributed by atoms with Gasteiger partial charge in [-0.05, 0) is 50.3 Å². The first kappa shape index (κ1) is 16.0. The molecule has 1 fully saturated rings. The summed E-state index contributed by atoms with van der Waals surface area (Å²) in [6, 6.07) is 3.34. The molecule has 0 aliphatic heterocycles. The van der Waals surface area contributed by atoms with Crippen LogP contribution in [0.4, 0.5) is 9.18 Å². The van der Waals surface area contributed by atoms with Crippen molar-refractivity contribution in [3.05, 3.63) is 34.6 Å². The fraction of sp³-hybridized carbons (Fsp3) is 0.533. The Bertz CT molecular complexity index is 536. The molecule has 0 spiro atoms. The summed E-state index contributed by atoms with van der Waals surface area (Å²) in [4.78, 5) is 12.1. The van der Waals surface area contributed by atoms with Crippen molar-refractivity contribution in [2.75, 3.05) is 6.61 Å². The Balaban J connectivity index is 1.98. The summed E-state index contributed by atoms with van der Waals surface area (Å²) in [5.74, 6) is -0.0973. The second-order valence-corrected chi connectivity index (χ2v) is 6.24. The average Bonchev–Trinajstić information content (AvgIpc) is 3.22. The lowest BCUT2D eigenvalue weighted by atomic mass is 9.97. The topological polar surface area (TPSA) is 61.4 Å². The van der Waals surface area contributed by atoms with Crippen LogP contribution in [-0.4, -0.2) is 23.3 Å². The molecule has 1 aliphatic carbocycles. The lowest BCUT2D eigenvalue weighted by Crippen LogP contribution is -2.54. The number of rotatable bonds is 5. The Kier molecular flexibility index (Phi) is 4.74. The summed E-state index contributed by atoms with van der Waals surface area (Å²) in [5.41, 5.74) is 0.0430. The van der Waals surface area contributed by atoms with Crippen LogP contribution >= 0.6 is 11.6 Å². The number of aliphatic hydroxyl groups is 1. The second kappa shape index (κ2) is 6.20. The quantitative estimate of drug-likeness (QED) is 0.782. The molecule has 4 nitrogen and oxygen atoms in total. The maximum atomic E-state index is 13.0. The van der Waals surface area contributed by atoms with Crippen molar-refractivity contribution < 1.29 is 14.3 Å². The zero-order valence-electron chi connectivity index (χ0n) is 12.1. The van der Waals surface area contributed by atoms with Gasteiger partial charge in [-0.15, -0.1) is 0 Å². The van der Waals surface area contributed by atoms with Gasteiger partial charge in [-0.1, -0.05) is 17.7 Å². The summed E-state index contributed by atoms with van der Waals surface area (Å²) < 4.78 is 13.0. The van der Waals surface area contributed by atoms with Crippen LogP contribution < -0.4 is 10.6 Å². The van der Waals surface area contributed by atoms with Gasteiger partial charge < -0.3 is 15.7 Å². The molecule has 2 atom stereocenters. The monoisotopic (exact) mass is 314 g/mol.